The van der Waals surface area contributed by atoms with Crippen LogP contribution < -0.4 is 5.73 Å². The lowest BCUT2D eigenvalue weighted by Crippen LogP contribution is -2.02. The number of rotatable bonds is 2. The average molecular weight is 224 g/mol. The molecule has 4 nitrogen and oxygen atoms in total. The van der Waals surface area contributed by atoms with Crippen molar-refractivity contribution in [1.29, 1.82) is 0 Å². The Morgan fingerprint density at radius 2 is 1.88 bits per heavy atom. The second kappa shape index (κ2) is 3.90. The summed E-state index contributed by atoms with van der Waals surface area (Å²) in [6, 6.07) is 9.75. The number of aromatic nitrogens is 3. The van der Waals surface area contributed by atoms with E-state index in [4.69, 9.17) is 5.73 Å². The minimum atomic E-state index is 0.661. The SMILES string of the molecule is Nc1cccc2c1ccn2Cc1ncccn1. The first kappa shape index (κ1) is 9.84. The van der Waals surface area contributed by atoms with Gasteiger partial charge in [0.05, 0.1) is 12.1 Å². The van der Waals surface area contributed by atoms with Crippen LogP contribution in [0.15, 0.2) is 48.9 Å². The molecule has 0 bridgehead atoms. The number of anilines is 1. The lowest BCUT2D eigenvalue weighted by Gasteiger charge is -2.04. The smallest absolute Gasteiger partial charge is 0.147 e. The first-order valence-corrected chi connectivity index (χ1v) is 5.44. The maximum absolute atomic E-state index is 5.92. The molecule has 0 atom stereocenters. The molecule has 84 valence electrons. The van der Waals surface area contributed by atoms with Gasteiger partial charge in [0.1, 0.15) is 5.82 Å². The van der Waals surface area contributed by atoms with Crippen LogP contribution in [0.5, 0.6) is 0 Å². The van der Waals surface area contributed by atoms with Gasteiger partial charge < -0.3 is 10.3 Å². The summed E-state index contributed by atoms with van der Waals surface area (Å²) < 4.78 is 2.10. The monoisotopic (exact) mass is 224 g/mol. The zero-order valence-electron chi connectivity index (χ0n) is 9.24. The van der Waals surface area contributed by atoms with Crippen molar-refractivity contribution in [3.8, 4) is 0 Å². The minimum absolute atomic E-state index is 0.661. The van der Waals surface area contributed by atoms with Crippen LogP contribution in [-0.4, -0.2) is 14.5 Å². The Kier molecular flexibility index (Phi) is 2.26. The third-order valence-electron chi connectivity index (χ3n) is 2.78. The molecule has 2 N–H and O–H groups in total. The van der Waals surface area contributed by atoms with E-state index < -0.39 is 0 Å². The lowest BCUT2D eigenvalue weighted by molar-refractivity contribution is 0.771. The van der Waals surface area contributed by atoms with Gasteiger partial charge in [-0.3, -0.25) is 0 Å². The minimum Gasteiger partial charge on any atom is -0.398 e. The summed E-state index contributed by atoms with van der Waals surface area (Å²) >= 11 is 0. The second-order valence-electron chi connectivity index (χ2n) is 3.89. The van der Waals surface area contributed by atoms with Gasteiger partial charge in [-0.1, -0.05) is 6.07 Å². The van der Waals surface area contributed by atoms with Gasteiger partial charge in [0, 0.05) is 29.7 Å². The molecule has 0 amide bonds. The maximum Gasteiger partial charge on any atom is 0.147 e. The third kappa shape index (κ3) is 1.73. The highest BCUT2D eigenvalue weighted by Crippen LogP contribution is 2.22. The van der Waals surface area contributed by atoms with Crippen molar-refractivity contribution in [2.24, 2.45) is 0 Å². The summed E-state index contributed by atoms with van der Waals surface area (Å²) in [5, 5.41) is 1.07. The molecule has 0 saturated heterocycles. The van der Waals surface area contributed by atoms with E-state index in [1.807, 2.05) is 30.5 Å². The van der Waals surface area contributed by atoms with Gasteiger partial charge in [0.15, 0.2) is 0 Å². The highest BCUT2D eigenvalue weighted by Gasteiger charge is 2.04. The van der Waals surface area contributed by atoms with Crippen molar-refractivity contribution in [2.45, 2.75) is 6.54 Å². The molecule has 0 radical (unpaired) electrons. The van der Waals surface area contributed by atoms with Crippen LogP contribution in [0.25, 0.3) is 10.9 Å². The van der Waals surface area contributed by atoms with Crippen LogP contribution in [-0.2, 0) is 6.54 Å². The van der Waals surface area contributed by atoms with Crippen LogP contribution in [0.2, 0.25) is 0 Å². The fourth-order valence-corrected chi connectivity index (χ4v) is 1.95. The van der Waals surface area contributed by atoms with Gasteiger partial charge >= 0.3 is 0 Å². The summed E-state index contributed by atoms with van der Waals surface area (Å²) in [7, 11) is 0. The van der Waals surface area contributed by atoms with E-state index in [0.717, 1.165) is 22.4 Å². The summed E-state index contributed by atoms with van der Waals surface area (Å²) in [5.74, 6) is 0.799. The van der Waals surface area contributed by atoms with Crippen LogP contribution in [0.3, 0.4) is 0 Å². The number of benzene rings is 1. The molecule has 0 spiro atoms. The first-order valence-electron chi connectivity index (χ1n) is 5.44. The van der Waals surface area contributed by atoms with Gasteiger partial charge in [-0.15, -0.1) is 0 Å². The number of nitrogens with zero attached hydrogens (tertiary/aromatic N) is 3. The maximum atomic E-state index is 5.92. The van der Waals surface area contributed by atoms with Crippen LogP contribution in [0.1, 0.15) is 5.82 Å². The van der Waals surface area contributed by atoms with E-state index in [0.29, 0.717) is 6.54 Å². The quantitative estimate of drug-likeness (QED) is 0.678. The number of nitrogens with two attached hydrogens (primary N) is 1. The lowest BCUT2D eigenvalue weighted by atomic mass is 10.2. The molecule has 2 aromatic heterocycles. The molecule has 0 aliphatic rings. The fourth-order valence-electron chi connectivity index (χ4n) is 1.95. The number of hydrogen-bond acceptors (Lipinski definition) is 3. The van der Waals surface area contributed by atoms with E-state index in [1.165, 1.54) is 0 Å². The number of nitrogen functional groups attached to an aromatic ring is 1. The van der Waals surface area contributed by atoms with Gasteiger partial charge in [0.25, 0.3) is 0 Å². The van der Waals surface area contributed by atoms with Crippen LogP contribution in [0.4, 0.5) is 5.69 Å². The van der Waals surface area contributed by atoms with Gasteiger partial charge in [-0.05, 0) is 24.3 Å². The average Bonchev–Trinajstić information content (AvgIpc) is 2.76. The van der Waals surface area contributed by atoms with E-state index >= 15 is 0 Å². The van der Waals surface area contributed by atoms with Crippen molar-refractivity contribution in [3.05, 3.63) is 54.7 Å². The largest absolute Gasteiger partial charge is 0.398 e. The van der Waals surface area contributed by atoms with Gasteiger partial charge in [-0.25, -0.2) is 9.97 Å². The molecular weight excluding hydrogens is 212 g/mol. The zero-order chi connectivity index (χ0) is 11.7. The van der Waals surface area contributed by atoms with Crippen molar-refractivity contribution >= 4 is 16.6 Å². The first-order chi connectivity index (χ1) is 8.34. The molecule has 2 heterocycles. The normalized spacial score (nSPS) is 10.8. The van der Waals surface area contributed by atoms with Crippen molar-refractivity contribution in [1.82, 2.24) is 14.5 Å². The molecule has 1 aromatic carbocycles. The Morgan fingerprint density at radius 3 is 2.71 bits per heavy atom. The van der Waals surface area contributed by atoms with Crippen molar-refractivity contribution in [3.63, 3.8) is 0 Å². The summed E-state index contributed by atoms with van der Waals surface area (Å²) in [5.41, 5.74) is 7.83. The molecule has 0 unspecified atom stereocenters. The second-order valence-corrected chi connectivity index (χ2v) is 3.89. The summed E-state index contributed by atoms with van der Waals surface area (Å²) in [4.78, 5) is 8.44. The van der Waals surface area contributed by atoms with Crippen LogP contribution in [0, 0.1) is 0 Å². The Labute approximate surface area is 98.7 Å². The molecule has 17 heavy (non-hydrogen) atoms. The molecule has 3 aromatic rings. The van der Waals surface area contributed by atoms with E-state index in [2.05, 4.69) is 20.6 Å². The highest BCUT2D eigenvalue weighted by molar-refractivity contribution is 5.91. The van der Waals surface area contributed by atoms with Crippen molar-refractivity contribution in [2.75, 3.05) is 5.73 Å². The summed E-state index contributed by atoms with van der Waals surface area (Å²) in [6.45, 7) is 0.661. The Balaban J connectivity index is 2.05. The van der Waals surface area contributed by atoms with Gasteiger partial charge in [0.2, 0.25) is 0 Å². The summed E-state index contributed by atoms with van der Waals surface area (Å²) in [6.07, 6.45) is 5.52. The molecule has 4 heteroatoms. The molecule has 0 aliphatic heterocycles. The Bertz CT molecular complexity index is 643. The molecular formula is C13H12N4. The predicted octanol–water partition coefficient (Wildman–Crippen LogP) is 2.06. The number of fused-ring (bicyclic) bond motifs is 1. The van der Waals surface area contributed by atoms with Crippen molar-refractivity contribution < 1.29 is 0 Å². The third-order valence-corrected chi connectivity index (χ3v) is 2.78. The Morgan fingerprint density at radius 1 is 1.06 bits per heavy atom. The van der Waals surface area contributed by atoms with E-state index in [-0.39, 0.29) is 0 Å². The molecule has 0 aliphatic carbocycles. The topological polar surface area (TPSA) is 56.7 Å². The molecule has 3 rings (SSSR count). The molecule has 0 fully saturated rings. The predicted molar refractivity (Wildman–Crippen MR) is 67.5 cm³/mol. The zero-order valence-corrected chi connectivity index (χ0v) is 9.24. The molecule has 0 saturated carbocycles. The number of hydrogen-bond donors (Lipinski definition) is 1. The Hall–Kier alpha value is -2.36. The highest BCUT2D eigenvalue weighted by atomic mass is 15.0. The standard InChI is InChI=1S/C13H12N4/c14-11-3-1-4-12-10(11)5-8-17(12)9-13-15-6-2-7-16-13/h1-8H,9,14H2. The van der Waals surface area contributed by atoms with E-state index in [1.54, 1.807) is 12.4 Å². The van der Waals surface area contributed by atoms with Gasteiger partial charge in [-0.2, -0.15) is 0 Å². The van der Waals surface area contributed by atoms with Crippen LogP contribution >= 0.6 is 0 Å². The fraction of sp³-hybridized carbons (Fsp3) is 0.0769. The van der Waals surface area contributed by atoms with E-state index in [9.17, 15) is 0 Å².